The van der Waals surface area contributed by atoms with Gasteiger partial charge in [-0.25, -0.2) is 4.39 Å². The van der Waals surface area contributed by atoms with Crippen LogP contribution in [0.15, 0.2) is 40.9 Å². The molecule has 0 fully saturated rings. The lowest BCUT2D eigenvalue weighted by molar-refractivity contribution is 0.102. The number of nitrogens with two attached hydrogens (primary N) is 1. The first kappa shape index (κ1) is 13.8. The van der Waals surface area contributed by atoms with Gasteiger partial charge in [-0.2, -0.15) is 0 Å². The highest BCUT2D eigenvalue weighted by Crippen LogP contribution is 2.26. The van der Waals surface area contributed by atoms with Crippen molar-refractivity contribution in [1.82, 2.24) is 0 Å². The molecule has 3 N–H and O–H groups in total. The topological polar surface area (TPSA) is 55.1 Å². The van der Waals surface area contributed by atoms with E-state index < -0.39 is 11.7 Å². The summed E-state index contributed by atoms with van der Waals surface area (Å²) in [4.78, 5) is 12.0. The summed E-state index contributed by atoms with van der Waals surface area (Å²) in [5.41, 5.74) is 6.31. The van der Waals surface area contributed by atoms with Gasteiger partial charge < -0.3 is 11.1 Å². The van der Waals surface area contributed by atoms with Crippen molar-refractivity contribution >= 4 is 44.8 Å². The lowest BCUT2D eigenvalue weighted by Crippen LogP contribution is -2.15. The Hall–Kier alpha value is -1.59. The Balaban J connectivity index is 2.34. The number of carbonyl (C=O) groups is 1. The zero-order valence-corrected chi connectivity index (χ0v) is 11.9. The lowest BCUT2D eigenvalue weighted by atomic mass is 10.2. The van der Waals surface area contributed by atoms with Crippen molar-refractivity contribution in [3.05, 3.63) is 57.3 Å². The number of halogens is 3. The molecule has 6 heteroatoms. The highest BCUT2D eigenvalue weighted by molar-refractivity contribution is 9.10. The van der Waals surface area contributed by atoms with Crippen molar-refractivity contribution in [3.63, 3.8) is 0 Å². The van der Waals surface area contributed by atoms with Crippen LogP contribution in [0.5, 0.6) is 0 Å². The fraction of sp³-hybridized carbons (Fsp3) is 0. The maximum atomic E-state index is 13.6. The minimum absolute atomic E-state index is 0.0824. The van der Waals surface area contributed by atoms with Crippen LogP contribution in [0.3, 0.4) is 0 Å². The van der Waals surface area contributed by atoms with Gasteiger partial charge >= 0.3 is 0 Å². The van der Waals surface area contributed by atoms with Gasteiger partial charge in [0.25, 0.3) is 5.91 Å². The number of benzene rings is 2. The summed E-state index contributed by atoms with van der Waals surface area (Å²) in [6.45, 7) is 0. The normalized spacial score (nSPS) is 10.3. The van der Waals surface area contributed by atoms with E-state index in [4.69, 9.17) is 17.3 Å². The molecule has 0 saturated carbocycles. The van der Waals surface area contributed by atoms with Crippen LogP contribution in [-0.4, -0.2) is 5.91 Å². The number of carbonyl (C=O) groups excluding carboxylic acids is 1. The molecule has 0 spiro atoms. The van der Waals surface area contributed by atoms with Crippen molar-refractivity contribution in [3.8, 4) is 0 Å². The Morgan fingerprint density at radius 2 is 2.05 bits per heavy atom. The van der Waals surface area contributed by atoms with E-state index in [2.05, 4.69) is 21.2 Å². The van der Waals surface area contributed by atoms with Crippen LogP contribution in [-0.2, 0) is 0 Å². The molecule has 3 nitrogen and oxygen atoms in total. The SMILES string of the molecule is Nc1ccc(Cl)c(NC(=O)c2c(F)cccc2Br)c1. The summed E-state index contributed by atoms with van der Waals surface area (Å²) in [5.74, 6) is -1.22. The highest BCUT2D eigenvalue weighted by Gasteiger charge is 2.16. The van der Waals surface area contributed by atoms with Crippen LogP contribution in [0.2, 0.25) is 5.02 Å². The molecule has 2 aromatic carbocycles. The van der Waals surface area contributed by atoms with E-state index in [1.165, 1.54) is 18.2 Å². The van der Waals surface area contributed by atoms with Crippen LogP contribution >= 0.6 is 27.5 Å². The minimum Gasteiger partial charge on any atom is -0.399 e. The number of nitrogen functional groups attached to an aromatic ring is 1. The largest absolute Gasteiger partial charge is 0.399 e. The van der Waals surface area contributed by atoms with E-state index in [0.29, 0.717) is 20.9 Å². The van der Waals surface area contributed by atoms with Gasteiger partial charge in [-0.3, -0.25) is 4.79 Å². The summed E-state index contributed by atoms with van der Waals surface area (Å²) in [5, 5.41) is 2.86. The van der Waals surface area contributed by atoms with Gasteiger partial charge in [0.1, 0.15) is 5.82 Å². The molecule has 0 heterocycles. The average molecular weight is 344 g/mol. The average Bonchev–Trinajstić information content (AvgIpc) is 2.33. The first-order valence-electron chi connectivity index (χ1n) is 5.29. The molecule has 0 radical (unpaired) electrons. The Morgan fingerprint density at radius 3 is 2.74 bits per heavy atom. The van der Waals surface area contributed by atoms with Gasteiger partial charge in [-0.1, -0.05) is 17.7 Å². The molecule has 2 rings (SSSR count). The second-order valence-corrected chi connectivity index (χ2v) is 5.05. The molecule has 0 bridgehead atoms. The third-order valence-corrected chi connectivity index (χ3v) is 3.42. The van der Waals surface area contributed by atoms with Crippen molar-refractivity contribution in [2.45, 2.75) is 0 Å². The van der Waals surface area contributed by atoms with Crippen molar-refractivity contribution < 1.29 is 9.18 Å². The summed E-state index contributed by atoms with van der Waals surface area (Å²) < 4.78 is 14.0. The maximum Gasteiger partial charge on any atom is 0.259 e. The predicted molar refractivity (Wildman–Crippen MR) is 77.9 cm³/mol. The Labute approximate surface area is 122 Å². The molecule has 0 aromatic heterocycles. The zero-order chi connectivity index (χ0) is 14.0. The second kappa shape index (κ2) is 5.59. The Morgan fingerprint density at radius 1 is 1.32 bits per heavy atom. The second-order valence-electron chi connectivity index (χ2n) is 3.79. The fourth-order valence-corrected chi connectivity index (χ4v) is 2.23. The molecular weight excluding hydrogens is 335 g/mol. The summed E-state index contributed by atoms with van der Waals surface area (Å²) in [6, 6.07) is 8.97. The predicted octanol–water partition coefficient (Wildman–Crippen LogP) is 4.08. The third kappa shape index (κ3) is 3.05. The van der Waals surface area contributed by atoms with E-state index in [9.17, 15) is 9.18 Å². The quantitative estimate of drug-likeness (QED) is 0.807. The summed E-state index contributed by atoms with van der Waals surface area (Å²) in [6.07, 6.45) is 0. The molecule has 2 aromatic rings. The Bertz CT molecular complexity index is 628. The number of amides is 1. The van der Waals surface area contributed by atoms with E-state index in [1.807, 2.05) is 0 Å². The number of nitrogens with one attached hydrogen (secondary N) is 1. The molecule has 1 amide bonds. The van der Waals surface area contributed by atoms with Crippen LogP contribution in [0, 0.1) is 5.82 Å². The first-order chi connectivity index (χ1) is 8.99. The van der Waals surface area contributed by atoms with Crippen molar-refractivity contribution in [1.29, 1.82) is 0 Å². The van der Waals surface area contributed by atoms with Crippen LogP contribution in [0.4, 0.5) is 15.8 Å². The van der Waals surface area contributed by atoms with Crippen LogP contribution in [0.25, 0.3) is 0 Å². The molecule has 0 aliphatic rings. The maximum absolute atomic E-state index is 13.6. The molecule has 98 valence electrons. The number of rotatable bonds is 2. The number of anilines is 2. The number of hydrogen-bond acceptors (Lipinski definition) is 2. The van der Waals surface area contributed by atoms with E-state index in [-0.39, 0.29) is 5.56 Å². The smallest absolute Gasteiger partial charge is 0.259 e. The van der Waals surface area contributed by atoms with Gasteiger partial charge in [0.2, 0.25) is 0 Å². The van der Waals surface area contributed by atoms with E-state index in [1.54, 1.807) is 18.2 Å². The molecule has 19 heavy (non-hydrogen) atoms. The standard InChI is InChI=1S/C13H9BrClFN2O/c14-8-2-1-3-10(16)12(8)13(19)18-11-6-7(17)4-5-9(11)15/h1-6H,17H2,(H,18,19). The molecule has 0 aliphatic heterocycles. The molecule has 0 saturated heterocycles. The van der Waals surface area contributed by atoms with Gasteiger partial charge in [-0.05, 0) is 46.3 Å². The monoisotopic (exact) mass is 342 g/mol. The number of hydrogen-bond donors (Lipinski definition) is 2. The van der Waals surface area contributed by atoms with Gasteiger partial charge in [0, 0.05) is 10.2 Å². The molecule has 0 aliphatic carbocycles. The van der Waals surface area contributed by atoms with Crippen molar-refractivity contribution in [2.75, 3.05) is 11.1 Å². The van der Waals surface area contributed by atoms with Crippen LogP contribution in [0.1, 0.15) is 10.4 Å². The first-order valence-corrected chi connectivity index (χ1v) is 6.46. The molecule has 0 atom stereocenters. The highest BCUT2D eigenvalue weighted by atomic mass is 79.9. The summed E-state index contributed by atoms with van der Waals surface area (Å²) >= 11 is 9.07. The molecular formula is C13H9BrClFN2O. The Kier molecular flexibility index (Phi) is 4.07. The van der Waals surface area contributed by atoms with E-state index >= 15 is 0 Å². The van der Waals surface area contributed by atoms with Crippen LogP contribution < -0.4 is 11.1 Å². The van der Waals surface area contributed by atoms with Gasteiger partial charge in [0.15, 0.2) is 0 Å². The minimum atomic E-state index is -0.619. The van der Waals surface area contributed by atoms with Crippen molar-refractivity contribution in [2.24, 2.45) is 0 Å². The zero-order valence-electron chi connectivity index (χ0n) is 9.58. The fourth-order valence-electron chi connectivity index (χ4n) is 1.54. The summed E-state index contributed by atoms with van der Waals surface area (Å²) in [7, 11) is 0. The van der Waals surface area contributed by atoms with Gasteiger partial charge in [0.05, 0.1) is 16.3 Å². The third-order valence-electron chi connectivity index (χ3n) is 2.43. The molecule has 0 unspecified atom stereocenters. The van der Waals surface area contributed by atoms with E-state index in [0.717, 1.165) is 0 Å². The van der Waals surface area contributed by atoms with Gasteiger partial charge in [-0.15, -0.1) is 0 Å². The lowest BCUT2D eigenvalue weighted by Gasteiger charge is -2.09.